The number of carbonyl (C=O) groups is 2. The maximum absolute atomic E-state index is 11.8. The Morgan fingerprint density at radius 1 is 1.44 bits per heavy atom. The van der Waals surface area contributed by atoms with Gasteiger partial charge in [0.15, 0.2) is 0 Å². The Hall–Kier alpha value is -0.880. The highest BCUT2D eigenvalue weighted by Crippen LogP contribution is 2.22. The number of halogens is 1. The summed E-state index contributed by atoms with van der Waals surface area (Å²) in [6.45, 7) is 4.10. The molecule has 6 heteroatoms. The zero-order valence-corrected chi connectivity index (χ0v) is 12.7. The first kappa shape index (κ1) is 15.2. The van der Waals surface area contributed by atoms with Crippen LogP contribution in [0.1, 0.15) is 29.9 Å². The van der Waals surface area contributed by atoms with Crippen LogP contribution in [-0.2, 0) is 4.79 Å². The van der Waals surface area contributed by atoms with Crippen LogP contribution in [0.5, 0.6) is 0 Å². The Labute approximate surface area is 119 Å². The number of amides is 1. The third-order valence-electron chi connectivity index (χ3n) is 2.41. The molecule has 1 amide bonds. The van der Waals surface area contributed by atoms with Gasteiger partial charge in [-0.15, -0.1) is 11.3 Å². The largest absolute Gasteiger partial charge is 0.481 e. The normalized spacial score (nSPS) is 12.4. The Morgan fingerprint density at radius 2 is 2.11 bits per heavy atom. The summed E-state index contributed by atoms with van der Waals surface area (Å²) >= 11 is 4.61. The lowest BCUT2D eigenvalue weighted by atomic mass is 9.97. The van der Waals surface area contributed by atoms with E-state index in [1.807, 2.05) is 13.8 Å². The molecule has 0 aromatic carbocycles. The minimum atomic E-state index is -0.864. The lowest BCUT2D eigenvalue weighted by Gasteiger charge is -2.14. The van der Waals surface area contributed by atoms with E-state index in [9.17, 15) is 9.59 Å². The fourth-order valence-corrected chi connectivity index (χ4v) is 2.88. The number of carboxylic acids is 1. The van der Waals surface area contributed by atoms with Crippen molar-refractivity contribution in [1.29, 1.82) is 0 Å². The van der Waals surface area contributed by atoms with Gasteiger partial charge in [0, 0.05) is 6.54 Å². The van der Waals surface area contributed by atoms with Gasteiger partial charge in [-0.25, -0.2) is 0 Å². The lowest BCUT2D eigenvalue weighted by molar-refractivity contribution is -0.142. The van der Waals surface area contributed by atoms with Gasteiger partial charge < -0.3 is 10.4 Å². The topological polar surface area (TPSA) is 66.4 Å². The second-order valence-electron chi connectivity index (χ2n) is 4.48. The van der Waals surface area contributed by atoms with E-state index >= 15 is 0 Å². The highest BCUT2D eigenvalue weighted by atomic mass is 79.9. The zero-order valence-electron chi connectivity index (χ0n) is 10.3. The summed E-state index contributed by atoms with van der Waals surface area (Å²) in [5, 5.41) is 11.7. The standard InChI is InChI=1S/C12H16BrNO3S/c1-7(2)5-8(12(16)17)6-14-11(15)9-3-4-10(13)18-9/h3-4,7-8H,5-6H2,1-2H3,(H,14,15)(H,16,17). The first-order chi connectivity index (χ1) is 8.40. The maximum Gasteiger partial charge on any atom is 0.308 e. The SMILES string of the molecule is CC(C)CC(CNC(=O)c1ccc(Br)s1)C(=O)O. The van der Waals surface area contributed by atoms with Crippen LogP contribution in [0.2, 0.25) is 0 Å². The molecule has 0 radical (unpaired) electrons. The Balaban J connectivity index is 2.52. The quantitative estimate of drug-likeness (QED) is 0.840. The van der Waals surface area contributed by atoms with E-state index in [0.29, 0.717) is 17.2 Å². The number of hydrogen-bond acceptors (Lipinski definition) is 3. The first-order valence-electron chi connectivity index (χ1n) is 5.66. The summed E-state index contributed by atoms with van der Waals surface area (Å²) in [5.74, 6) is -1.33. The fraction of sp³-hybridized carbons (Fsp3) is 0.500. The number of nitrogens with one attached hydrogen (secondary N) is 1. The van der Waals surface area contributed by atoms with Gasteiger partial charge in [-0.1, -0.05) is 13.8 Å². The molecule has 0 fully saturated rings. The van der Waals surface area contributed by atoms with Crippen molar-refractivity contribution in [3.8, 4) is 0 Å². The molecule has 1 atom stereocenters. The van der Waals surface area contributed by atoms with Crippen molar-refractivity contribution >= 4 is 39.1 Å². The zero-order chi connectivity index (χ0) is 13.7. The average Bonchev–Trinajstić information content (AvgIpc) is 2.69. The van der Waals surface area contributed by atoms with E-state index in [1.165, 1.54) is 11.3 Å². The third kappa shape index (κ3) is 4.78. The summed E-state index contributed by atoms with van der Waals surface area (Å²) in [6, 6.07) is 3.50. The van der Waals surface area contributed by atoms with Crippen molar-refractivity contribution in [2.45, 2.75) is 20.3 Å². The van der Waals surface area contributed by atoms with Crippen molar-refractivity contribution in [3.63, 3.8) is 0 Å². The molecule has 0 bridgehead atoms. The molecule has 0 saturated heterocycles. The summed E-state index contributed by atoms with van der Waals surface area (Å²) in [5.41, 5.74) is 0. The van der Waals surface area contributed by atoms with Crippen molar-refractivity contribution in [2.24, 2.45) is 11.8 Å². The van der Waals surface area contributed by atoms with Crippen molar-refractivity contribution < 1.29 is 14.7 Å². The van der Waals surface area contributed by atoms with E-state index in [1.54, 1.807) is 12.1 Å². The molecule has 0 aliphatic heterocycles. The van der Waals surface area contributed by atoms with Crippen molar-refractivity contribution in [2.75, 3.05) is 6.54 Å². The number of carboxylic acid groups (broad SMARTS) is 1. The van der Waals surface area contributed by atoms with Crippen LogP contribution in [0.4, 0.5) is 0 Å². The Kier molecular flexibility index (Phi) is 5.81. The number of carbonyl (C=O) groups excluding carboxylic acids is 1. The highest BCUT2D eigenvalue weighted by molar-refractivity contribution is 9.11. The van der Waals surface area contributed by atoms with Crippen LogP contribution in [0.3, 0.4) is 0 Å². The maximum atomic E-state index is 11.8. The molecule has 4 nitrogen and oxygen atoms in total. The lowest BCUT2D eigenvalue weighted by Crippen LogP contribution is -2.33. The number of hydrogen-bond donors (Lipinski definition) is 2. The van der Waals surface area contributed by atoms with Crippen LogP contribution in [-0.4, -0.2) is 23.5 Å². The van der Waals surface area contributed by atoms with Gasteiger partial charge in [0.2, 0.25) is 0 Å². The molecule has 0 aliphatic carbocycles. The highest BCUT2D eigenvalue weighted by Gasteiger charge is 2.20. The monoisotopic (exact) mass is 333 g/mol. The molecule has 2 N–H and O–H groups in total. The molecule has 1 aromatic heterocycles. The van der Waals surface area contributed by atoms with Gasteiger partial charge in [0.25, 0.3) is 5.91 Å². The minimum absolute atomic E-state index is 0.169. The fourth-order valence-electron chi connectivity index (χ4n) is 1.58. The van der Waals surface area contributed by atoms with Crippen molar-refractivity contribution in [1.82, 2.24) is 5.32 Å². The molecule has 100 valence electrons. The average molecular weight is 334 g/mol. The molecule has 1 unspecified atom stereocenters. The second kappa shape index (κ2) is 6.89. The summed E-state index contributed by atoms with van der Waals surface area (Å²) in [4.78, 5) is 23.4. The van der Waals surface area contributed by atoms with Gasteiger partial charge in [-0.2, -0.15) is 0 Å². The number of thiophene rings is 1. The van der Waals surface area contributed by atoms with Crippen LogP contribution < -0.4 is 5.32 Å². The Bertz CT molecular complexity index is 431. The molecule has 0 aliphatic rings. The van der Waals surface area contributed by atoms with E-state index < -0.39 is 11.9 Å². The van der Waals surface area contributed by atoms with Crippen LogP contribution in [0.15, 0.2) is 15.9 Å². The third-order valence-corrected chi connectivity index (χ3v) is 4.03. The molecule has 0 spiro atoms. The van der Waals surface area contributed by atoms with Gasteiger partial charge in [0.1, 0.15) is 0 Å². The van der Waals surface area contributed by atoms with Crippen molar-refractivity contribution in [3.05, 3.63) is 20.8 Å². The van der Waals surface area contributed by atoms with Gasteiger partial charge in [-0.3, -0.25) is 9.59 Å². The molecular formula is C12H16BrNO3S. The molecular weight excluding hydrogens is 318 g/mol. The van der Waals surface area contributed by atoms with E-state index in [0.717, 1.165) is 3.79 Å². The van der Waals surface area contributed by atoms with E-state index in [4.69, 9.17) is 5.11 Å². The van der Waals surface area contributed by atoms with Crippen LogP contribution >= 0.6 is 27.3 Å². The predicted octanol–water partition coefficient (Wildman–Crippen LogP) is 2.99. The number of rotatable bonds is 6. The summed E-state index contributed by atoms with van der Waals surface area (Å²) in [7, 11) is 0. The first-order valence-corrected chi connectivity index (χ1v) is 7.27. The molecule has 0 saturated carbocycles. The minimum Gasteiger partial charge on any atom is -0.481 e. The summed E-state index contributed by atoms with van der Waals surface area (Å²) in [6.07, 6.45) is 0.559. The molecule has 1 heterocycles. The number of aliphatic carboxylic acids is 1. The summed E-state index contributed by atoms with van der Waals surface area (Å²) < 4.78 is 0.879. The Morgan fingerprint density at radius 3 is 2.56 bits per heavy atom. The van der Waals surface area contributed by atoms with Gasteiger partial charge in [-0.05, 0) is 40.4 Å². The van der Waals surface area contributed by atoms with E-state index in [2.05, 4.69) is 21.2 Å². The smallest absolute Gasteiger partial charge is 0.308 e. The van der Waals surface area contributed by atoms with Gasteiger partial charge >= 0.3 is 5.97 Å². The second-order valence-corrected chi connectivity index (χ2v) is 6.94. The van der Waals surface area contributed by atoms with Crippen LogP contribution in [0.25, 0.3) is 0 Å². The molecule has 18 heavy (non-hydrogen) atoms. The van der Waals surface area contributed by atoms with Gasteiger partial charge in [0.05, 0.1) is 14.6 Å². The molecule has 1 rings (SSSR count). The van der Waals surface area contributed by atoms with Crippen LogP contribution in [0, 0.1) is 11.8 Å². The molecule has 1 aromatic rings. The van der Waals surface area contributed by atoms with E-state index in [-0.39, 0.29) is 12.5 Å². The predicted molar refractivity (Wildman–Crippen MR) is 74.9 cm³/mol.